The summed E-state index contributed by atoms with van der Waals surface area (Å²) < 4.78 is 7.23. The molecule has 0 bridgehead atoms. The maximum Gasteiger partial charge on any atom is 0.0541 e. The van der Waals surface area contributed by atoms with E-state index < -0.39 is 0 Å². The van der Waals surface area contributed by atoms with Crippen LogP contribution in [0.2, 0.25) is 0 Å². The average molecular weight is 1050 g/mol. The minimum Gasteiger partial charge on any atom is -0.311 e. The molecule has 0 atom stereocenters. The van der Waals surface area contributed by atoms with E-state index in [9.17, 15) is 0 Å². The van der Waals surface area contributed by atoms with E-state index in [1.54, 1.807) is 0 Å². The third-order valence-corrected chi connectivity index (χ3v) is 17.6. The Bertz CT molecular complexity index is 4520. The lowest BCUT2D eigenvalue weighted by Gasteiger charge is -2.26. The summed E-state index contributed by atoms with van der Waals surface area (Å²) in [5.41, 5.74) is 28.9. The van der Waals surface area contributed by atoms with Crippen molar-refractivity contribution in [3.8, 4) is 50.4 Å². The fourth-order valence-electron chi connectivity index (χ4n) is 12.7. The van der Waals surface area contributed by atoms with E-state index in [0.29, 0.717) is 0 Å². The second-order valence-electron chi connectivity index (χ2n) is 22.5. The standard InChI is InChI=1S/C78H60N4/c1-49-19-31-64(43-52(49)4)80-73-16-10-7-13-67(73)70-46-58(28-40-76(70)80)55-22-34-61(35-23-55)79(62-36-24-56(25-37-62)59-29-41-77-71(47-59)68-14-8-11-17-74(68)81(77)65-32-20-50(2)53(5)44-65)63-38-26-57(27-39-63)60-30-42-78-72(48-60)69-15-9-12-18-75(69)82(78)66-33-21-51(3)54(6)45-66/h7-48H,1-6H3. The molecule has 0 spiro atoms. The molecule has 0 amide bonds. The minimum atomic E-state index is 1.08. The summed E-state index contributed by atoms with van der Waals surface area (Å²) in [6.07, 6.45) is 0. The first kappa shape index (κ1) is 48.9. The van der Waals surface area contributed by atoms with Crippen LogP contribution in [0, 0.1) is 41.5 Å². The van der Waals surface area contributed by atoms with Gasteiger partial charge in [0.05, 0.1) is 33.1 Å². The van der Waals surface area contributed by atoms with Gasteiger partial charge < -0.3 is 18.6 Å². The summed E-state index contributed by atoms with van der Waals surface area (Å²) in [5.74, 6) is 0. The molecule has 0 fully saturated rings. The topological polar surface area (TPSA) is 18.0 Å². The highest BCUT2D eigenvalue weighted by atomic mass is 15.1. The number of nitrogens with zero attached hydrogens (tertiary/aromatic N) is 4. The van der Waals surface area contributed by atoms with Crippen LogP contribution >= 0.6 is 0 Å². The molecule has 3 aromatic heterocycles. The molecule has 392 valence electrons. The quantitative estimate of drug-likeness (QED) is 0.141. The van der Waals surface area contributed by atoms with Gasteiger partial charge in [-0.15, -0.1) is 0 Å². The van der Waals surface area contributed by atoms with Gasteiger partial charge in [-0.1, -0.05) is 127 Å². The second kappa shape index (κ2) is 19.3. The summed E-state index contributed by atoms with van der Waals surface area (Å²) in [5, 5.41) is 7.49. The van der Waals surface area contributed by atoms with E-state index in [1.807, 2.05) is 0 Å². The third kappa shape index (κ3) is 8.04. The van der Waals surface area contributed by atoms with Gasteiger partial charge in [-0.05, 0) is 236 Å². The number of benzene rings is 12. The lowest BCUT2D eigenvalue weighted by molar-refractivity contribution is 1.16. The zero-order valence-electron chi connectivity index (χ0n) is 47.0. The Morgan fingerprint density at radius 1 is 0.207 bits per heavy atom. The molecule has 0 aliphatic heterocycles. The van der Waals surface area contributed by atoms with E-state index in [1.165, 1.54) is 149 Å². The van der Waals surface area contributed by atoms with Crippen molar-refractivity contribution >= 4 is 82.5 Å². The van der Waals surface area contributed by atoms with Gasteiger partial charge >= 0.3 is 0 Å². The number of hydrogen-bond donors (Lipinski definition) is 0. The van der Waals surface area contributed by atoms with Crippen LogP contribution in [0.1, 0.15) is 33.4 Å². The van der Waals surface area contributed by atoms with Gasteiger partial charge in [0.1, 0.15) is 0 Å². The maximum absolute atomic E-state index is 2.41. The number of aryl methyl sites for hydroxylation is 6. The van der Waals surface area contributed by atoms with Crippen LogP contribution in [0.3, 0.4) is 0 Å². The maximum atomic E-state index is 2.41. The highest BCUT2D eigenvalue weighted by Crippen LogP contribution is 2.42. The fraction of sp³-hybridized carbons (Fsp3) is 0.0769. The van der Waals surface area contributed by atoms with Crippen LogP contribution in [0.4, 0.5) is 17.1 Å². The third-order valence-electron chi connectivity index (χ3n) is 17.6. The first-order chi connectivity index (χ1) is 40.1. The van der Waals surface area contributed by atoms with Crippen LogP contribution in [-0.4, -0.2) is 13.7 Å². The summed E-state index contributed by atoms with van der Waals surface area (Å²) in [6.45, 7) is 13.1. The van der Waals surface area contributed by atoms with Gasteiger partial charge in [-0.25, -0.2) is 0 Å². The molecule has 0 saturated heterocycles. The Balaban J connectivity index is 0.810. The van der Waals surface area contributed by atoms with E-state index in [-0.39, 0.29) is 0 Å². The van der Waals surface area contributed by atoms with Crippen molar-refractivity contribution in [3.63, 3.8) is 0 Å². The van der Waals surface area contributed by atoms with Crippen molar-refractivity contribution in [1.29, 1.82) is 0 Å². The largest absolute Gasteiger partial charge is 0.311 e. The van der Waals surface area contributed by atoms with E-state index >= 15 is 0 Å². The SMILES string of the molecule is Cc1ccc(-n2c3ccccc3c3cc(-c4ccc(N(c5ccc(-c6ccc7c(c6)c6ccccc6n7-c6ccc(C)c(C)c6)cc5)c5ccc(-c6ccc7c(c6)c6ccccc6n7-c6ccc(C)c(C)c6)cc5)cc4)ccc32)cc1C. The van der Waals surface area contributed by atoms with Gasteiger partial charge in [-0.3, -0.25) is 0 Å². The van der Waals surface area contributed by atoms with Gasteiger partial charge in [0.25, 0.3) is 0 Å². The van der Waals surface area contributed by atoms with Gasteiger partial charge in [0, 0.05) is 66.4 Å². The van der Waals surface area contributed by atoms with Crippen molar-refractivity contribution < 1.29 is 0 Å². The van der Waals surface area contributed by atoms with Crippen LogP contribution < -0.4 is 4.90 Å². The number of hydrogen-bond acceptors (Lipinski definition) is 1. The highest BCUT2D eigenvalue weighted by molar-refractivity contribution is 6.13. The molecule has 0 saturated carbocycles. The zero-order chi connectivity index (χ0) is 55.3. The van der Waals surface area contributed by atoms with Crippen molar-refractivity contribution in [1.82, 2.24) is 13.7 Å². The smallest absolute Gasteiger partial charge is 0.0541 e. The molecular formula is C78H60N4. The van der Waals surface area contributed by atoms with Crippen LogP contribution in [0.5, 0.6) is 0 Å². The predicted molar refractivity (Wildman–Crippen MR) is 349 cm³/mol. The minimum absolute atomic E-state index is 1.08. The Kier molecular flexibility index (Phi) is 11.5. The van der Waals surface area contributed by atoms with Crippen molar-refractivity contribution in [2.75, 3.05) is 4.90 Å². The average Bonchev–Trinajstić information content (AvgIpc) is 4.32. The summed E-state index contributed by atoms with van der Waals surface area (Å²) in [6, 6.07) is 94.9. The Hall–Kier alpha value is -10.2. The molecule has 12 aromatic carbocycles. The normalized spacial score (nSPS) is 11.8. The Labute approximate surface area is 478 Å². The first-order valence-electron chi connectivity index (χ1n) is 28.6. The molecule has 0 radical (unpaired) electrons. The van der Waals surface area contributed by atoms with E-state index in [0.717, 1.165) is 17.1 Å². The molecule has 15 aromatic rings. The van der Waals surface area contributed by atoms with Crippen LogP contribution in [0.15, 0.2) is 255 Å². The lowest BCUT2D eigenvalue weighted by atomic mass is 10.0. The van der Waals surface area contributed by atoms with Crippen molar-refractivity contribution in [3.05, 3.63) is 288 Å². The Morgan fingerprint density at radius 3 is 0.744 bits per heavy atom. The monoisotopic (exact) mass is 1050 g/mol. The van der Waals surface area contributed by atoms with Crippen LogP contribution in [-0.2, 0) is 0 Å². The lowest BCUT2D eigenvalue weighted by Crippen LogP contribution is -2.09. The molecule has 0 N–H and O–H groups in total. The van der Waals surface area contributed by atoms with Crippen LogP contribution in [0.25, 0.3) is 116 Å². The molecule has 15 rings (SSSR count). The summed E-state index contributed by atoms with van der Waals surface area (Å²) in [4.78, 5) is 2.39. The number of para-hydroxylation sites is 3. The van der Waals surface area contributed by atoms with E-state index in [4.69, 9.17) is 0 Å². The number of anilines is 3. The Morgan fingerprint density at radius 2 is 0.463 bits per heavy atom. The predicted octanol–water partition coefficient (Wildman–Crippen LogP) is 21.3. The van der Waals surface area contributed by atoms with Crippen molar-refractivity contribution in [2.45, 2.75) is 41.5 Å². The molecule has 82 heavy (non-hydrogen) atoms. The molecule has 0 unspecified atom stereocenters. The molecule has 0 aliphatic rings. The fourth-order valence-corrected chi connectivity index (χ4v) is 12.7. The molecule has 3 heterocycles. The molecule has 4 nitrogen and oxygen atoms in total. The molecule has 4 heteroatoms. The van der Waals surface area contributed by atoms with E-state index in [2.05, 4.69) is 315 Å². The zero-order valence-corrected chi connectivity index (χ0v) is 47.0. The van der Waals surface area contributed by atoms with Crippen molar-refractivity contribution in [2.24, 2.45) is 0 Å². The number of fused-ring (bicyclic) bond motifs is 9. The number of aromatic nitrogens is 3. The number of rotatable bonds is 9. The first-order valence-corrected chi connectivity index (χ1v) is 28.6. The molecular weight excluding hydrogens is 993 g/mol. The highest BCUT2D eigenvalue weighted by Gasteiger charge is 2.20. The van der Waals surface area contributed by atoms with Gasteiger partial charge in [-0.2, -0.15) is 0 Å². The van der Waals surface area contributed by atoms with Gasteiger partial charge in [0.2, 0.25) is 0 Å². The summed E-state index contributed by atoms with van der Waals surface area (Å²) in [7, 11) is 0. The molecule has 0 aliphatic carbocycles. The van der Waals surface area contributed by atoms with Gasteiger partial charge in [0.15, 0.2) is 0 Å². The second-order valence-corrected chi connectivity index (χ2v) is 22.5. The summed E-state index contributed by atoms with van der Waals surface area (Å²) >= 11 is 0.